The van der Waals surface area contributed by atoms with Crippen LogP contribution < -0.4 is 0 Å². The molecule has 0 saturated carbocycles. The van der Waals surface area contributed by atoms with Gasteiger partial charge in [0.05, 0.1) is 12.2 Å². The fraction of sp³-hybridized carbons (Fsp3) is 0.250. The van der Waals surface area contributed by atoms with Gasteiger partial charge < -0.3 is 4.74 Å². The second kappa shape index (κ2) is 3.66. The molecule has 1 aromatic rings. The van der Waals surface area contributed by atoms with E-state index in [0.717, 1.165) is 12.0 Å². The zero-order valence-corrected chi connectivity index (χ0v) is 8.12. The molecule has 0 radical (unpaired) electrons. The van der Waals surface area contributed by atoms with Crippen molar-refractivity contribution in [3.05, 3.63) is 41.5 Å². The molecule has 0 bridgehead atoms. The summed E-state index contributed by atoms with van der Waals surface area (Å²) in [6.07, 6.45) is 2.77. The number of benzene rings is 1. The summed E-state index contributed by atoms with van der Waals surface area (Å²) in [5.74, 6) is -0.211. The summed E-state index contributed by atoms with van der Waals surface area (Å²) in [5.41, 5.74) is 2.93. The molecule has 0 spiro atoms. The molecule has 0 atom stereocenters. The summed E-state index contributed by atoms with van der Waals surface area (Å²) in [4.78, 5) is 11.5. The average Bonchev–Trinajstić information content (AvgIpc) is 2.61. The van der Waals surface area contributed by atoms with E-state index in [-0.39, 0.29) is 5.97 Å². The van der Waals surface area contributed by atoms with Crippen molar-refractivity contribution in [1.29, 1.82) is 0 Å². The summed E-state index contributed by atoms with van der Waals surface area (Å²) >= 11 is 0. The fourth-order valence-electron chi connectivity index (χ4n) is 1.69. The molecule has 2 heteroatoms. The van der Waals surface area contributed by atoms with Crippen LogP contribution in [0.1, 0.15) is 18.1 Å². The van der Waals surface area contributed by atoms with Crippen molar-refractivity contribution in [2.24, 2.45) is 0 Å². The van der Waals surface area contributed by atoms with E-state index >= 15 is 0 Å². The van der Waals surface area contributed by atoms with E-state index in [1.807, 2.05) is 37.3 Å². The lowest BCUT2D eigenvalue weighted by Crippen LogP contribution is -2.05. The Morgan fingerprint density at radius 1 is 1.43 bits per heavy atom. The Hall–Kier alpha value is -1.57. The number of ether oxygens (including phenoxy) is 1. The molecule has 2 rings (SSSR count). The molecule has 0 fully saturated rings. The van der Waals surface area contributed by atoms with Crippen LogP contribution in [0.2, 0.25) is 0 Å². The molecular formula is C12H12O2. The maximum Gasteiger partial charge on any atom is 0.338 e. The summed E-state index contributed by atoms with van der Waals surface area (Å²) in [7, 11) is 0. The predicted molar refractivity (Wildman–Crippen MR) is 54.8 cm³/mol. The van der Waals surface area contributed by atoms with E-state index in [1.165, 1.54) is 5.56 Å². The first-order chi connectivity index (χ1) is 6.83. The van der Waals surface area contributed by atoms with Crippen molar-refractivity contribution in [3.8, 4) is 0 Å². The highest BCUT2D eigenvalue weighted by atomic mass is 16.5. The number of allylic oxidation sites excluding steroid dienone is 1. The highest BCUT2D eigenvalue weighted by Gasteiger charge is 2.20. The Labute approximate surface area is 83.2 Å². The lowest BCUT2D eigenvalue weighted by Gasteiger charge is -2.04. The molecule has 0 amide bonds. The van der Waals surface area contributed by atoms with Crippen LogP contribution in [-0.4, -0.2) is 12.6 Å². The third-order valence-electron chi connectivity index (χ3n) is 2.33. The van der Waals surface area contributed by atoms with E-state index < -0.39 is 0 Å². The van der Waals surface area contributed by atoms with Crippen molar-refractivity contribution in [2.75, 3.05) is 6.61 Å². The van der Waals surface area contributed by atoms with E-state index in [9.17, 15) is 4.79 Å². The van der Waals surface area contributed by atoms with Gasteiger partial charge in [-0.1, -0.05) is 30.3 Å². The van der Waals surface area contributed by atoms with Crippen LogP contribution in [0.3, 0.4) is 0 Å². The van der Waals surface area contributed by atoms with E-state index in [4.69, 9.17) is 4.74 Å². The van der Waals surface area contributed by atoms with Crippen LogP contribution in [0.4, 0.5) is 0 Å². The molecular weight excluding hydrogens is 176 g/mol. The van der Waals surface area contributed by atoms with Gasteiger partial charge in [0, 0.05) is 0 Å². The molecule has 0 saturated heterocycles. The van der Waals surface area contributed by atoms with Crippen molar-refractivity contribution in [1.82, 2.24) is 0 Å². The molecule has 1 aliphatic rings. The van der Waals surface area contributed by atoms with Crippen molar-refractivity contribution >= 4 is 11.5 Å². The van der Waals surface area contributed by atoms with Crippen molar-refractivity contribution in [2.45, 2.75) is 13.3 Å². The fourth-order valence-corrected chi connectivity index (χ4v) is 1.69. The lowest BCUT2D eigenvalue weighted by molar-refractivity contribution is -0.136. The molecule has 1 aromatic carbocycles. The van der Waals surface area contributed by atoms with Gasteiger partial charge in [0.2, 0.25) is 0 Å². The molecule has 14 heavy (non-hydrogen) atoms. The Kier molecular flexibility index (Phi) is 2.35. The quantitative estimate of drug-likeness (QED) is 0.665. The smallest absolute Gasteiger partial charge is 0.338 e. The number of fused-ring (bicyclic) bond motifs is 1. The van der Waals surface area contributed by atoms with Crippen molar-refractivity contribution < 1.29 is 9.53 Å². The largest absolute Gasteiger partial charge is 0.462 e. The summed E-state index contributed by atoms with van der Waals surface area (Å²) in [5, 5.41) is 0. The summed E-state index contributed by atoms with van der Waals surface area (Å²) in [6.45, 7) is 2.25. The van der Waals surface area contributed by atoms with Gasteiger partial charge in [-0.15, -0.1) is 0 Å². The number of hydrogen-bond donors (Lipinski definition) is 0. The first kappa shape index (κ1) is 9.00. The van der Waals surface area contributed by atoms with Crippen LogP contribution in [0.25, 0.3) is 5.57 Å². The number of hydrogen-bond acceptors (Lipinski definition) is 2. The predicted octanol–water partition coefficient (Wildman–Crippen LogP) is 2.19. The molecule has 0 aliphatic heterocycles. The van der Waals surface area contributed by atoms with E-state index in [0.29, 0.717) is 12.2 Å². The van der Waals surface area contributed by atoms with Crippen LogP contribution in [0.5, 0.6) is 0 Å². The molecule has 2 nitrogen and oxygen atoms in total. The number of carbonyl (C=O) groups excluding carboxylic acids is 1. The highest BCUT2D eigenvalue weighted by molar-refractivity contribution is 6.18. The zero-order valence-electron chi connectivity index (χ0n) is 8.12. The van der Waals surface area contributed by atoms with E-state index in [2.05, 4.69) is 0 Å². The minimum atomic E-state index is -0.211. The first-order valence-electron chi connectivity index (χ1n) is 4.78. The third-order valence-corrected chi connectivity index (χ3v) is 2.33. The Bertz CT molecular complexity index is 391. The maximum absolute atomic E-state index is 11.5. The summed E-state index contributed by atoms with van der Waals surface area (Å²) in [6, 6.07) is 7.93. The molecule has 72 valence electrons. The van der Waals surface area contributed by atoms with Gasteiger partial charge in [0.25, 0.3) is 0 Å². The Morgan fingerprint density at radius 3 is 3.00 bits per heavy atom. The first-order valence-corrected chi connectivity index (χ1v) is 4.78. The number of rotatable bonds is 2. The third kappa shape index (κ3) is 1.43. The minimum Gasteiger partial charge on any atom is -0.462 e. The monoisotopic (exact) mass is 188 g/mol. The average molecular weight is 188 g/mol. The van der Waals surface area contributed by atoms with Crippen LogP contribution >= 0.6 is 0 Å². The SMILES string of the molecule is CCOC(=O)C1=CCc2ccccc21. The second-order valence-corrected chi connectivity index (χ2v) is 3.20. The van der Waals surface area contributed by atoms with Gasteiger partial charge >= 0.3 is 5.97 Å². The maximum atomic E-state index is 11.5. The van der Waals surface area contributed by atoms with Gasteiger partial charge in [0.1, 0.15) is 0 Å². The number of esters is 1. The van der Waals surface area contributed by atoms with Crippen LogP contribution in [0.15, 0.2) is 30.3 Å². The summed E-state index contributed by atoms with van der Waals surface area (Å²) < 4.78 is 4.98. The van der Waals surface area contributed by atoms with E-state index in [1.54, 1.807) is 0 Å². The van der Waals surface area contributed by atoms with Gasteiger partial charge in [0.15, 0.2) is 0 Å². The molecule has 0 heterocycles. The van der Waals surface area contributed by atoms with Crippen LogP contribution in [-0.2, 0) is 16.0 Å². The number of carbonyl (C=O) groups is 1. The topological polar surface area (TPSA) is 26.3 Å². The van der Waals surface area contributed by atoms with Crippen LogP contribution in [0, 0.1) is 0 Å². The zero-order chi connectivity index (χ0) is 9.97. The molecule has 0 aromatic heterocycles. The highest BCUT2D eigenvalue weighted by Crippen LogP contribution is 2.27. The van der Waals surface area contributed by atoms with Gasteiger partial charge in [-0.25, -0.2) is 4.79 Å². The normalized spacial score (nSPS) is 13.4. The minimum absolute atomic E-state index is 0.211. The Morgan fingerprint density at radius 2 is 2.21 bits per heavy atom. The van der Waals surface area contributed by atoms with Gasteiger partial charge in [-0.3, -0.25) is 0 Å². The lowest BCUT2D eigenvalue weighted by atomic mass is 10.1. The molecule has 0 unspecified atom stereocenters. The van der Waals surface area contributed by atoms with Gasteiger partial charge in [-0.05, 0) is 24.5 Å². The van der Waals surface area contributed by atoms with Crippen molar-refractivity contribution in [3.63, 3.8) is 0 Å². The standard InChI is InChI=1S/C12H12O2/c1-2-14-12(13)11-8-7-9-5-3-4-6-10(9)11/h3-6,8H,2,7H2,1H3. The van der Waals surface area contributed by atoms with Gasteiger partial charge in [-0.2, -0.15) is 0 Å². The molecule has 1 aliphatic carbocycles. The second-order valence-electron chi connectivity index (χ2n) is 3.20. The molecule has 0 N–H and O–H groups in total. The Balaban J connectivity index is 2.29.